The van der Waals surface area contributed by atoms with E-state index in [2.05, 4.69) is 15.6 Å². The highest BCUT2D eigenvalue weighted by Crippen LogP contribution is 2.29. The molecule has 0 fully saturated rings. The lowest BCUT2D eigenvalue weighted by atomic mass is 10.2. The number of fused-ring (bicyclic) bond motifs is 1. The molecule has 0 aromatic heterocycles. The molecule has 3 rings (SSSR count). The molecule has 2 aromatic rings. The van der Waals surface area contributed by atoms with Crippen molar-refractivity contribution >= 4 is 17.6 Å². The van der Waals surface area contributed by atoms with Gasteiger partial charge in [0.25, 0.3) is 0 Å². The lowest BCUT2D eigenvalue weighted by Crippen LogP contribution is -2.51. The number of nitrogens with one attached hydrogen (secondary N) is 2. The maximum atomic E-state index is 12.3. The van der Waals surface area contributed by atoms with E-state index in [0.29, 0.717) is 23.8 Å². The largest absolute Gasteiger partial charge is 0.489 e. The highest BCUT2D eigenvalue weighted by atomic mass is 16.7. The zero-order valence-corrected chi connectivity index (χ0v) is 16.5. The number of methoxy groups -OCH3 is 2. The second kappa shape index (κ2) is 10.4. The van der Waals surface area contributed by atoms with E-state index in [0.717, 1.165) is 5.56 Å². The van der Waals surface area contributed by atoms with Gasteiger partial charge in [-0.05, 0) is 17.7 Å². The molecule has 0 aliphatic carbocycles. The number of carbonyl (C=O) groups excluding carboxylic acids is 1. The number of aliphatic imine (C=N–C) groups is 1. The van der Waals surface area contributed by atoms with E-state index >= 15 is 0 Å². The Kier molecular flexibility index (Phi) is 7.43. The summed E-state index contributed by atoms with van der Waals surface area (Å²) in [6.07, 6.45) is -1.01. The average molecular weight is 399 g/mol. The van der Waals surface area contributed by atoms with Crippen LogP contribution in [0.4, 0.5) is 10.5 Å². The Morgan fingerprint density at radius 1 is 1.14 bits per heavy atom. The van der Waals surface area contributed by atoms with Gasteiger partial charge in [-0.25, -0.2) is 9.79 Å². The fourth-order valence-corrected chi connectivity index (χ4v) is 2.76. The Labute approximate surface area is 169 Å². The number of para-hydroxylation sites is 2. The topological polar surface area (TPSA) is 90.4 Å². The first-order valence-electron chi connectivity index (χ1n) is 9.26. The maximum absolute atomic E-state index is 12.3. The lowest BCUT2D eigenvalue weighted by Gasteiger charge is -2.22. The van der Waals surface area contributed by atoms with Crippen LogP contribution < -0.4 is 15.4 Å². The lowest BCUT2D eigenvalue weighted by molar-refractivity contribution is -0.0966. The molecule has 0 bridgehead atoms. The fraction of sp³-hybridized carbons (Fsp3) is 0.333. The Hall–Kier alpha value is -3.10. The Bertz CT molecular complexity index is 824. The van der Waals surface area contributed by atoms with Crippen molar-refractivity contribution in [3.63, 3.8) is 0 Å². The number of ether oxygens (including phenoxy) is 4. The Morgan fingerprint density at radius 2 is 1.86 bits per heavy atom. The quantitative estimate of drug-likeness (QED) is 0.696. The summed E-state index contributed by atoms with van der Waals surface area (Å²) in [5.74, 6) is 1.18. The van der Waals surface area contributed by atoms with Gasteiger partial charge in [0.05, 0.1) is 6.54 Å². The summed E-state index contributed by atoms with van der Waals surface area (Å²) in [7, 11) is 3.11. The van der Waals surface area contributed by atoms with Crippen LogP contribution in [0.5, 0.6) is 5.75 Å². The van der Waals surface area contributed by atoms with Gasteiger partial charge in [-0.15, -0.1) is 0 Å². The zero-order valence-electron chi connectivity index (χ0n) is 16.5. The summed E-state index contributed by atoms with van der Waals surface area (Å²) in [6.45, 7) is 0.731. The smallest absolute Gasteiger partial charge is 0.408 e. The van der Waals surface area contributed by atoms with Crippen LogP contribution in [0.25, 0.3) is 0 Å². The number of alkyl carbamates (subject to hydrolysis) is 1. The SMILES string of the molecule is COC(CNC1=Nc2ccccc2OC[C@@H]1NC(=O)OCc1ccccc1)OC. The number of amidine groups is 1. The van der Waals surface area contributed by atoms with E-state index in [1.165, 1.54) is 0 Å². The van der Waals surface area contributed by atoms with Crippen molar-refractivity contribution in [2.75, 3.05) is 27.4 Å². The van der Waals surface area contributed by atoms with Crippen LogP contribution in [-0.2, 0) is 20.8 Å². The molecule has 154 valence electrons. The van der Waals surface area contributed by atoms with E-state index in [4.69, 9.17) is 18.9 Å². The van der Waals surface area contributed by atoms with E-state index in [9.17, 15) is 4.79 Å². The molecular formula is C21H25N3O5. The van der Waals surface area contributed by atoms with E-state index in [1.54, 1.807) is 14.2 Å². The van der Waals surface area contributed by atoms with Crippen molar-refractivity contribution in [1.29, 1.82) is 0 Å². The van der Waals surface area contributed by atoms with Gasteiger partial charge in [-0.2, -0.15) is 0 Å². The zero-order chi connectivity index (χ0) is 20.5. The van der Waals surface area contributed by atoms with E-state index in [1.807, 2.05) is 54.6 Å². The summed E-state index contributed by atoms with van der Waals surface area (Å²) in [6, 6.07) is 16.4. The minimum absolute atomic E-state index is 0.176. The first kappa shape index (κ1) is 20.6. The number of carbonyl (C=O) groups is 1. The Balaban J connectivity index is 1.68. The fourth-order valence-electron chi connectivity index (χ4n) is 2.76. The van der Waals surface area contributed by atoms with Gasteiger partial charge >= 0.3 is 6.09 Å². The van der Waals surface area contributed by atoms with Crippen molar-refractivity contribution in [1.82, 2.24) is 10.6 Å². The van der Waals surface area contributed by atoms with Gasteiger partial charge in [-0.3, -0.25) is 0 Å². The van der Waals surface area contributed by atoms with Crippen LogP contribution in [0.15, 0.2) is 59.6 Å². The van der Waals surface area contributed by atoms with Crippen molar-refractivity contribution in [2.45, 2.75) is 18.9 Å². The molecule has 29 heavy (non-hydrogen) atoms. The maximum Gasteiger partial charge on any atom is 0.408 e. The van der Waals surface area contributed by atoms with Crippen LogP contribution in [-0.4, -0.2) is 51.6 Å². The number of benzene rings is 2. The minimum Gasteiger partial charge on any atom is -0.489 e. The summed E-state index contributed by atoms with van der Waals surface area (Å²) >= 11 is 0. The molecule has 0 spiro atoms. The number of hydrogen-bond acceptors (Lipinski definition) is 7. The molecule has 0 radical (unpaired) electrons. The summed E-state index contributed by atoms with van der Waals surface area (Å²) in [5, 5.41) is 6.00. The van der Waals surface area contributed by atoms with Crippen LogP contribution in [0.3, 0.4) is 0 Å². The highest BCUT2D eigenvalue weighted by Gasteiger charge is 2.25. The molecule has 1 aliphatic heterocycles. The first-order chi connectivity index (χ1) is 14.2. The normalized spacial score (nSPS) is 15.6. The van der Waals surface area contributed by atoms with Gasteiger partial charge in [0.1, 0.15) is 36.5 Å². The third-order valence-electron chi connectivity index (χ3n) is 4.32. The van der Waals surface area contributed by atoms with Gasteiger partial charge in [0.2, 0.25) is 0 Å². The molecule has 0 unspecified atom stereocenters. The predicted octanol–water partition coefficient (Wildman–Crippen LogP) is 2.61. The molecule has 2 N–H and O–H groups in total. The van der Waals surface area contributed by atoms with Crippen LogP contribution >= 0.6 is 0 Å². The molecule has 0 saturated heterocycles. The van der Waals surface area contributed by atoms with E-state index < -0.39 is 18.4 Å². The monoisotopic (exact) mass is 399 g/mol. The number of hydrogen-bond donors (Lipinski definition) is 2. The standard InChI is InChI=1S/C21H25N3O5/c1-26-19(27-2)12-22-20-17(14-28-18-11-7-6-10-16(18)23-20)24-21(25)29-13-15-8-4-3-5-9-15/h3-11,17,19H,12-14H2,1-2H3,(H,22,23)(H,24,25)/t17-/m0/s1. The molecular weight excluding hydrogens is 374 g/mol. The van der Waals surface area contributed by atoms with Crippen molar-refractivity contribution in [3.05, 3.63) is 60.2 Å². The molecule has 1 aliphatic rings. The molecule has 8 heteroatoms. The summed E-state index contributed by atoms with van der Waals surface area (Å²) in [4.78, 5) is 17.0. The van der Waals surface area contributed by atoms with Crippen LogP contribution in [0, 0.1) is 0 Å². The average Bonchev–Trinajstić information content (AvgIpc) is 2.93. The van der Waals surface area contributed by atoms with Crippen LogP contribution in [0.1, 0.15) is 5.56 Å². The predicted molar refractivity (Wildman–Crippen MR) is 108 cm³/mol. The molecule has 8 nitrogen and oxygen atoms in total. The van der Waals surface area contributed by atoms with E-state index in [-0.39, 0.29) is 13.2 Å². The van der Waals surface area contributed by atoms with Crippen molar-refractivity contribution < 1.29 is 23.7 Å². The minimum atomic E-state index is -0.557. The second-order valence-electron chi connectivity index (χ2n) is 6.32. The number of nitrogens with zero attached hydrogens (tertiary/aromatic N) is 1. The van der Waals surface area contributed by atoms with Crippen molar-refractivity contribution in [3.8, 4) is 5.75 Å². The van der Waals surface area contributed by atoms with Gasteiger partial charge in [0, 0.05) is 14.2 Å². The third kappa shape index (κ3) is 5.94. The number of rotatable bonds is 7. The van der Waals surface area contributed by atoms with Gasteiger partial charge in [0.15, 0.2) is 6.29 Å². The molecule has 1 atom stereocenters. The molecule has 2 aromatic carbocycles. The van der Waals surface area contributed by atoms with Gasteiger partial charge in [-0.1, -0.05) is 42.5 Å². The third-order valence-corrected chi connectivity index (χ3v) is 4.32. The van der Waals surface area contributed by atoms with Crippen molar-refractivity contribution in [2.24, 2.45) is 4.99 Å². The molecule has 1 heterocycles. The molecule has 0 saturated carbocycles. The van der Waals surface area contributed by atoms with Gasteiger partial charge < -0.3 is 29.6 Å². The summed E-state index contributed by atoms with van der Waals surface area (Å²) in [5.41, 5.74) is 1.57. The number of amides is 1. The molecule has 1 amide bonds. The summed E-state index contributed by atoms with van der Waals surface area (Å²) < 4.78 is 21.6. The Morgan fingerprint density at radius 3 is 2.62 bits per heavy atom. The van der Waals surface area contributed by atoms with Crippen LogP contribution in [0.2, 0.25) is 0 Å². The first-order valence-corrected chi connectivity index (χ1v) is 9.26. The highest BCUT2D eigenvalue weighted by molar-refractivity contribution is 5.93. The second-order valence-corrected chi connectivity index (χ2v) is 6.32.